The minimum Gasteiger partial charge on any atom is -0.305 e. The highest BCUT2D eigenvalue weighted by molar-refractivity contribution is 9.13. The number of aromatic nitrogens is 2. The molecule has 0 atom stereocenters. The molecule has 2 rings (SSSR count). The number of carbonyl (C=O) groups is 1. The van der Waals surface area contributed by atoms with E-state index in [-0.39, 0.29) is 11.1 Å². The van der Waals surface area contributed by atoms with Gasteiger partial charge in [0.05, 0.1) is 21.1 Å². The van der Waals surface area contributed by atoms with Gasteiger partial charge in [0.15, 0.2) is 5.82 Å². The van der Waals surface area contributed by atoms with Crippen LogP contribution in [0, 0.1) is 0 Å². The lowest BCUT2D eigenvalue weighted by molar-refractivity contribution is 0.103. The Morgan fingerprint density at radius 2 is 2.18 bits per heavy atom. The van der Waals surface area contributed by atoms with Crippen LogP contribution in [0.4, 0.5) is 5.82 Å². The van der Waals surface area contributed by atoms with Crippen molar-refractivity contribution in [3.05, 3.63) is 36.7 Å². The van der Waals surface area contributed by atoms with Gasteiger partial charge in [-0.2, -0.15) is 0 Å². The van der Waals surface area contributed by atoms with Gasteiger partial charge in [-0.05, 0) is 37.9 Å². The van der Waals surface area contributed by atoms with Gasteiger partial charge in [-0.1, -0.05) is 11.6 Å². The molecule has 4 nitrogen and oxygen atoms in total. The summed E-state index contributed by atoms with van der Waals surface area (Å²) in [4.78, 5) is 20.1. The third-order valence-corrected chi connectivity index (χ3v) is 5.15. The Morgan fingerprint density at radius 3 is 2.76 bits per heavy atom. The van der Waals surface area contributed by atoms with E-state index in [2.05, 4.69) is 47.1 Å². The SMILES string of the molecule is O=C(Nc1cncc(Cl)n1)c1cc(Br)c(Br)s1. The normalized spacial score (nSPS) is 10.3. The Balaban J connectivity index is 2.17. The van der Waals surface area contributed by atoms with Gasteiger partial charge in [0.2, 0.25) is 0 Å². The molecule has 0 aliphatic rings. The number of carbonyl (C=O) groups excluding carboxylic acids is 1. The van der Waals surface area contributed by atoms with Gasteiger partial charge in [0.25, 0.3) is 5.91 Å². The van der Waals surface area contributed by atoms with Crippen molar-refractivity contribution in [2.75, 3.05) is 5.32 Å². The predicted octanol–water partition coefficient (Wildman–Crippen LogP) is 3.97. The molecule has 8 heteroatoms. The fraction of sp³-hybridized carbons (Fsp3) is 0. The summed E-state index contributed by atoms with van der Waals surface area (Å²) in [5.74, 6) is 0.0705. The quantitative estimate of drug-likeness (QED) is 0.834. The zero-order valence-electron chi connectivity index (χ0n) is 8.08. The van der Waals surface area contributed by atoms with Gasteiger partial charge < -0.3 is 5.32 Å². The van der Waals surface area contributed by atoms with E-state index in [4.69, 9.17) is 11.6 Å². The second-order valence-corrected chi connectivity index (χ2v) is 6.53. The molecule has 0 saturated carbocycles. The van der Waals surface area contributed by atoms with Crippen LogP contribution >= 0.6 is 54.8 Å². The van der Waals surface area contributed by atoms with Crippen molar-refractivity contribution < 1.29 is 4.79 Å². The molecule has 0 radical (unpaired) electrons. The van der Waals surface area contributed by atoms with Crippen molar-refractivity contribution in [1.82, 2.24) is 9.97 Å². The molecule has 1 N–H and O–H groups in total. The van der Waals surface area contributed by atoms with Crippen molar-refractivity contribution in [3.8, 4) is 0 Å². The molecule has 2 aromatic heterocycles. The number of nitrogens with one attached hydrogen (secondary N) is 1. The fourth-order valence-corrected chi connectivity index (χ4v) is 3.12. The van der Waals surface area contributed by atoms with E-state index in [1.54, 1.807) is 6.07 Å². The zero-order valence-corrected chi connectivity index (χ0v) is 12.8. The largest absolute Gasteiger partial charge is 0.305 e. The van der Waals surface area contributed by atoms with Crippen LogP contribution in [-0.4, -0.2) is 15.9 Å². The Labute approximate surface area is 123 Å². The second-order valence-electron chi connectivity index (χ2n) is 2.91. The van der Waals surface area contributed by atoms with Crippen molar-refractivity contribution in [3.63, 3.8) is 0 Å². The molecule has 0 aliphatic carbocycles. The second kappa shape index (κ2) is 5.43. The number of nitrogens with zero attached hydrogens (tertiary/aromatic N) is 2. The summed E-state index contributed by atoms with van der Waals surface area (Å²) in [5, 5.41) is 2.84. The van der Waals surface area contributed by atoms with E-state index in [9.17, 15) is 4.79 Å². The molecule has 1 amide bonds. The standard InChI is InChI=1S/C9H4Br2ClN3OS/c10-4-1-5(17-8(4)11)9(16)15-7-3-13-2-6(12)14-7/h1-3H,(H,14,15,16). The first kappa shape index (κ1) is 12.9. The number of halogens is 3. The van der Waals surface area contributed by atoms with Crippen LogP contribution in [0.15, 0.2) is 26.7 Å². The highest BCUT2D eigenvalue weighted by Crippen LogP contribution is 2.32. The molecule has 0 aromatic carbocycles. The van der Waals surface area contributed by atoms with Crippen molar-refractivity contribution in [2.24, 2.45) is 0 Å². The van der Waals surface area contributed by atoms with E-state index in [0.29, 0.717) is 10.7 Å². The first-order chi connectivity index (χ1) is 8.06. The first-order valence-corrected chi connectivity index (χ1v) is 7.08. The van der Waals surface area contributed by atoms with Crippen molar-refractivity contribution in [1.29, 1.82) is 0 Å². The van der Waals surface area contributed by atoms with Crippen molar-refractivity contribution in [2.45, 2.75) is 0 Å². The molecule has 2 heterocycles. The molecule has 0 spiro atoms. The van der Waals surface area contributed by atoms with E-state index >= 15 is 0 Å². The van der Waals surface area contributed by atoms with E-state index in [1.807, 2.05) is 0 Å². The maximum Gasteiger partial charge on any atom is 0.267 e. The van der Waals surface area contributed by atoms with Crippen LogP contribution in [0.3, 0.4) is 0 Å². The Kier molecular flexibility index (Phi) is 4.13. The maximum absolute atomic E-state index is 11.8. The van der Waals surface area contributed by atoms with Crippen LogP contribution in [0.2, 0.25) is 5.15 Å². The summed E-state index contributed by atoms with van der Waals surface area (Å²) in [7, 11) is 0. The monoisotopic (exact) mass is 395 g/mol. The van der Waals surface area contributed by atoms with Gasteiger partial charge >= 0.3 is 0 Å². The molecule has 88 valence electrons. The molecular formula is C9H4Br2ClN3OS. The minimum atomic E-state index is -0.252. The first-order valence-electron chi connectivity index (χ1n) is 4.30. The van der Waals surface area contributed by atoms with Gasteiger partial charge in [-0.15, -0.1) is 11.3 Å². The van der Waals surface area contributed by atoms with Gasteiger partial charge in [0, 0.05) is 4.47 Å². The molecule has 0 bridgehead atoms. The summed E-state index contributed by atoms with van der Waals surface area (Å²) < 4.78 is 1.70. The summed E-state index contributed by atoms with van der Waals surface area (Å²) in [6, 6.07) is 1.72. The van der Waals surface area contributed by atoms with Crippen molar-refractivity contribution >= 4 is 66.5 Å². The van der Waals surface area contributed by atoms with Crippen LogP contribution in [0.5, 0.6) is 0 Å². The molecule has 0 saturated heterocycles. The zero-order chi connectivity index (χ0) is 12.4. The predicted molar refractivity (Wildman–Crippen MR) is 74.7 cm³/mol. The van der Waals surface area contributed by atoms with Crippen LogP contribution in [0.25, 0.3) is 0 Å². The third kappa shape index (κ3) is 3.25. The Morgan fingerprint density at radius 1 is 1.41 bits per heavy atom. The summed E-state index contributed by atoms with van der Waals surface area (Å²) in [6.45, 7) is 0. The number of hydrogen-bond acceptors (Lipinski definition) is 4. The highest BCUT2D eigenvalue weighted by Gasteiger charge is 2.12. The number of thiophene rings is 1. The lowest BCUT2D eigenvalue weighted by Crippen LogP contribution is -2.11. The Bertz CT molecular complexity index is 556. The summed E-state index contributed by atoms with van der Waals surface area (Å²) in [6.07, 6.45) is 2.83. The number of amides is 1. The smallest absolute Gasteiger partial charge is 0.267 e. The van der Waals surface area contributed by atoms with Crippen LogP contribution in [0.1, 0.15) is 9.67 Å². The molecule has 0 aliphatic heterocycles. The summed E-state index contributed by atoms with van der Waals surface area (Å²) in [5.41, 5.74) is 0. The highest BCUT2D eigenvalue weighted by atomic mass is 79.9. The van der Waals surface area contributed by atoms with Gasteiger partial charge in [-0.3, -0.25) is 9.78 Å². The van der Waals surface area contributed by atoms with E-state index < -0.39 is 0 Å². The Hall–Kier alpha value is -0.500. The lowest BCUT2D eigenvalue weighted by Gasteiger charge is -2.01. The van der Waals surface area contributed by atoms with Crippen LogP contribution in [-0.2, 0) is 0 Å². The number of hydrogen-bond donors (Lipinski definition) is 1. The average molecular weight is 397 g/mol. The molecular weight excluding hydrogens is 393 g/mol. The average Bonchev–Trinajstić information content (AvgIpc) is 2.59. The third-order valence-electron chi connectivity index (χ3n) is 1.72. The molecule has 0 fully saturated rings. The lowest BCUT2D eigenvalue weighted by atomic mass is 10.4. The number of anilines is 1. The summed E-state index contributed by atoms with van der Waals surface area (Å²) >= 11 is 13.6. The van der Waals surface area contributed by atoms with E-state index in [0.717, 1.165) is 8.26 Å². The molecule has 2 aromatic rings. The van der Waals surface area contributed by atoms with Gasteiger partial charge in [-0.25, -0.2) is 4.98 Å². The topological polar surface area (TPSA) is 54.9 Å². The number of rotatable bonds is 2. The minimum absolute atomic E-state index is 0.233. The van der Waals surface area contributed by atoms with E-state index in [1.165, 1.54) is 23.7 Å². The maximum atomic E-state index is 11.8. The van der Waals surface area contributed by atoms with Gasteiger partial charge in [0.1, 0.15) is 5.15 Å². The molecule has 0 unspecified atom stereocenters. The fourth-order valence-electron chi connectivity index (χ4n) is 1.04. The molecule has 17 heavy (non-hydrogen) atoms. The van der Waals surface area contributed by atoms with Crippen LogP contribution < -0.4 is 5.32 Å².